The Balaban J connectivity index is 1.85. The number of amides is 1. The number of rotatable bonds is 4. The van der Waals surface area contributed by atoms with Crippen molar-refractivity contribution in [3.05, 3.63) is 77.1 Å². The summed E-state index contributed by atoms with van der Waals surface area (Å²) in [5.74, 6) is -1.84. The lowest BCUT2D eigenvalue weighted by atomic mass is 9.93. The van der Waals surface area contributed by atoms with Crippen LogP contribution in [0, 0.1) is 6.92 Å². The Morgan fingerprint density at radius 2 is 1.88 bits per heavy atom. The fraction of sp³-hybridized carbons (Fsp3) is 0.200. The van der Waals surface area contributed by atoms with Crippen LogP contribution in [0.15, 0.2) is 65.9 Å². The van der Waals surface area contributed by atoms with Gasteiger partial charge >= 0.3 is 5.97 Å². The van der Waals surface area contributed by atoms with Gasteiger partial charge < -0.3 is 15.2 Å². The number of anilines is 1. The summed E-state index contributed by atoms with van der Waals surface area (Å²) in [6.07, 6.45) is 0.284. The van der Waals surface area contributed by atoms with Gasteiger partial charge in [-0.1, -0.05) is 42.5 Å². The molecule has 0 spiro atoms. The third kappa shape index (κ3) is 3.40. The highest BCUT2D eigenvalue weighted by Gasteiger charge is 2.47. The van der Waals surface area contributed by atoms with Crippen LogP contribution in [0.3, 0.4) is 0 Å². The van der Waals surface area contributed by atoms with E-state index in [1.807, 2.05) is 43.3 Å². The van der Waals surface area contributed by atoms with Gasteiger partial charge in [0.2, 0.25) is 0 Å². The van der Waals surface area contributed by atoms with Crippen molar-refractivity contribution in [2.75, 3.05) is 5.32 Å². The highest BCUT2D eigenvalue weighted by molar-refractivity contribution is 6.22. The van der Waals surface area contributed by atoms with Crippen LogP contribution in [0.4, 0.5) is 5.69 Å². The molecule has 5 heteroatoms. The van der Waals surface area contributed by atoms with Gasteiger partial charge in [0.05, 0.1) is 0 Å². The zero-order valence-electron chi connectivity index (χ0n) is 14.1. The van der Waals surface area contributed by atoms with Crippen LogP contribution in [-0.2, 0) is 20.7 Å². The molecule has 0 bridgehead atoms. The summed E-state index contributed by atoms with van der Waals surface area (Å²) in [6.45, 7) is 3.49. The fourth-order valence-corrected chi connectivity index (χ4v) is 2.89. The molecule has 3 rings (SSSR count). The van der Waals surface area contributed by atoms with Gasteiger partial charge in [0, 0.05) is 12.1 Å². The molecular weight excluding hydrogens is 318 g/mol. The number of aliphatic hydroxyl groups is 1. The number of nitrogens with one attached hydrogen (secondary N) is 1. The Hall–Kier alpha value is -3.08. The molecule has 1 heterocycles. The van der Waals surface area contributed by atoms with Gasteiger partial charge in [0.25, 0.3) is 5.91 Å². The first kappa shape index (κ1) is 16.8. The first-order valence-electron chi connectivity index (χ1n) is 7.98. The molecule has 0 aliphatic carbocycles. The van der Waals surface area contributed by atoms with Crippen molar-refractivity contribution in [3.63, 3.8) is 0 Å². The number of carbonyl (C=O) groups excluding carboxylic acids is 2. The van der Waals surface area contributed by atoms with E-state index in [-0.39, 0.29) is 17.8 Å². The molecule has 0 fully saturated rings. The van der Waals surface area contributed by atoms with Gasteiger partial charge in [0.1, 0.15) is 0 Å². The molecule has 2 aromatic rings. The first-order valence-corrected chi connectivity index (χ1v) is 7.98. The third-order valence-electron chi connectivity index (χ3n) is 4.15. The Morgan fingerprint density at radius 3 is 2.56 bits per heavy atom. The van der Waals surface area contributed by atoms with Crippen LogP contribution in [0.1, 0.15) is 18.1 Å². The van der Waals surface area contributed by atoms with Crippen LogP contribution in [-0.4, -0.2) is 22.6 Å². The number of cyclic esters (lactones) is 1. The number of hydrogen-bond acceptors (Lipinski definition) is 4. The summed E-state index contributed by atoms with van der Waals surface area (Å²) in [5.41, 5.74) is 0.816. The maximum absolute atomic E-state index is 12.5. The van der Waals surface area contributed by atoms with Crippen LogP contribution in [0.2, 0.25) is 0 Å². The quantitative estimate of drug-likeness (QED) is 0.663. The van der Waals surface area contributed by atoms with Gasteiger partial charge in [-0.15, -0.1) is 0 Å². The smallest absolute Gasteiger partial charge is 0.348 e. The standard InChI is InChI=1S/C20H19NO4/c1-13-7-6-10-15(11-13)21-18(23)16-17(22)20(2,25-19(16)24)12-14-8-4-3-5-9-14/h3-11,22H,12H2,1-2H3,(H,21,23)/t20-/m1/s1. The van der Waals surface area contributed by atoms with E-state index in [0.717, 1.165) is 11.1 Å². The van der Waals surface area contributed by atoms with Crippen LogP contribution in [0.25, 0.3) is 0 Å². The monoisotopic (exact) mass is 337 g/mol. The Bertz CT molecular complexity index is 857. The average Bonchev–Trinajstić information content (AvgIpc) is 2.77. The molecule has 1 atom stereocenters. The second-order valence-electron chi connectivity index (χ2n) is 6.33. The van der Waals surface area contributed by atoms with E-state index in [1.165, 1.54) is 0 Å². The SMILES string of the molecule is Cc1cccc(NC(=O)C2=C(O)[C@@](C)(Cc3ccccc3)OC2=O)c1. The van der Waals surface area contributed by atoms with E-state index < -0.39 is 17.5 Å². The van der Waals surface area contributed by atoms with Gasteiger partial charge in [-0.2, -0.15) is 0 Å². The Morgan fingerprint density at radius 1 is 1.16 bits per heavy atom. The zero-order chi connectivity index (χ0) is 18.0. The summed E-state index contributed by atoms with van der Waals surface area (Å²) in [5, 5.41) is 13.1. The molecule has 128 valence electrons. The average molecular weight is 337 g/mol. The highest BCUT2D eigenvalue weighted by Crippen LogP contribution is 2.34. The van der Waals surface area contributed by atoms with Crippen molar-refractivity contribution < 1.29 is 19.4 Å². The molecular formula is C20H19NO4. The molecule has 0 radical (unpaired) electrons. The molecule has 5 nitrogen and oxygen atoms in total. The normalized spacial score (nSPS) is 19.7. The van der Waals surface area contributed by atoms with Crippen molar-refractivity contribution in [1.82, 2.24) is 0 Å². The molecule has 2 N–H and O–H groups in total. The number of hydrogen-bond donors (Lipinski definition) is 2. The minimum atomic E-state index is -1.25. The van der Waals surface area contributed by atoms with E-state index >= 15 is 0 Å². The summed E-state index contributed by atoms with van der Waals surface area (Å²) < 4.78 is 5.34. The largest absolute Gasteiger partial charge is 0.507 e. The third-order valence-corrected chi connectivity index (χ3v) is 4.15. The maximum atomic E-state index is 12.5. The van der Waals surface area contributed by atoms with Crippen LogP contribution in [0.5, 0.6) is 0 Å². The predicted octanol–water partition coefficient (Wildman–Crippen LogP) is 3.30. The number of carbonyl (C=O) groups is 2. The number of esters is 1. The number of benzene rings is 2. The van der Waals surface area contributed by atoms with Gasteiger partial charge in [-0.3, -0.25) is 4.79 Å². The summed E-state index contributed by atoms with van der Waals surface area (Å²) in [6, 6.07) is 16.5. The molecule has 25 heavy (non-hydrogen) atoms. The number of aryl methyl sites for hydroxylation is 1. The highest BCUT2D eigenvalue weighted by atomic mass is 16.6. The molecule has 0 unspecified atom stereocenters. The van der Waals surface area contributed by atoms with E-state index in [0.29, 0.717) is 5.69 Å². The van der Waals surface area contributed by atoms with Crippen molar-refractivity contribution in [2.24, 2.45) is 0 Å². The molecule has 1 amide bonds. The lowest BCUT2D eigenvalue weighted by Gasteiger charge is -2.23. The molecule has 1 aliphatic rings. The van der Waals surface area contributed by atoms with Gasteiger partial charge in [-0.25, -0.2) is 4.79 Å². The van der Waals surface area contributed by atoms with E-state index in [4.69, 9.17) is 4.74 Å². The van der Waals surface area contributed by atoms with E-state index in [2.05, 4.69) is 5.32 Å². The summed E-state index contributed by atoms with van der Waals surface area (Å²) in [4.78, 5) is 24.6. The Labute approximate surface area is 145 Å². The Kier molecular flexibility index (Phi) is 4.31. The second kappa shape index (κ2) is 6.43. The lowest BCUT2D eigenvalue weighted by molar-refractivity contribution is -0.147. The molecule has 2 aromatic carbocycles. The zero-order valence-corrected chi connectivity index (χ0v) is 14.1. The molecule has 0 saturated carbocycles. The van der Waals surface area contributed by atoms with E-state index in [9.17, 15) is 14.7 Å². The predicted molar refractivity (Wildman–Crippen MR) is 94.1 cm³/mol. The first-order chi connectivity index (χ1) is 11.9. The lowest BCUT2D eigenvalue weighted by Crippen LogP contribution is -2.30. The summed E-state index contributed by atoms with van der Waals surface area (Å²) in [7, 11) is 0. The summed E-state index contributed by atoms with van der Waals surface area (Å²) >= 11 is 0. The van der Waals surface area contributed by atoms with Crippen molar-refractivity contribution in [1.29, 1.82) is 0 Å². The second-order valence-corrected chi connectivity index (χ2v) is 6.33. The van der Waals surface area contributed by atoms with Crippen LogP contribution >= 0.6 is 0 Å². The molecule has 1 aliphatic heterocycles. The van der Waals surface area contributed by atoms with Crippen molar-refractivity contribution in [2.45, 2.75) is 25.9 Å². The fourth-order valence-electron chi connectivity index (χ4n) is 2.89. The van der Waals surface area contributed by atoms with Gasteiger partial charge in [0.15, 0.2) is 16.9 Å². The van der Waals surface area contributed by atoms with Gasteiger partial charge in [-0.05, 0) is 37.1 Å². The maximum Gasteiger partial charge on any atom is 0.348 e. The van der Waals surface area contributed by atoms with Crippen molar-refractivity contribution >= 4 is 17.6 Å². The molecule has 0 saturated heterocycles. The number of aliphatic hydroxyl groups excluding tert-OH is 1. The number of ether oxygens (including phenoxy) is 1. The minimum Gasteiger partial charge on any atom is -0.507 e. The minimum absolute atomic E-state index is 0.284. The topological polar surface area (TPSA) is 75.6 Å². The molecule has 0 aromatic heterocycles. The van der Waals surface area contributed by atoms with Crippen molar-refractivity contribution in [3.8, 4) is 0 Å². The van der Waals surface area contributed by atoms with Crippen LogP contribution < -0.4 is 5.32 Å². The van der Waals surface area contributed by atoms with E-state index in [1.54, 1.807) is 25.1 Å².